The second-order valence-electron chi connectivity index (χ2n) is 23.4. The third-order valence-electron chi connectivity index (χ3n) is 17.5. The van der Waals surface area contributed by atoms with Gasteiger partial charge in [-0.05, 0) is 103 Å². The van der Waals surface area contributed by atoms with E-state index in [1.54, 1.807) is 6.08 Å². The molecule has 7 rings (SSSR count). The number of hydrogen-bond donors (Lipinski definition) is 3. The van der Waals surface area contributed by atoms with Crippen LogP contribution in [0.25, 0.3) is 10.8 Å². The van der Waals surface area contributed by atoms with E-state index in [-0.39, 0.29) is 43.5 Å². The quantitative estimate of drug-likeness (QED) is 0.0290. The molecule has 1 saturated carbocycles. The molecule has 3 N–H and O–H groups in total. The molecule has 0 spiro atoms. The van der Waals surface area contributed by atoms with Crippen molar-refractivity contribution in [3.8, 4) is 11.5 Å². The number of amides is 2. The maximum atomic E-state index is 15.7. The second-order valence-corrected chi connectivity index (χ2v) is 23.4. The summed E-state index contributed by atoms with van der Waals surface area (Å²) in [6.45, 7) is 10.5. The summed E-state index contributed by atoms with van der Waals surface area (Å²) in [5, 5.41) is 30.7. The van der Waals surface area contributed by atoms with Crippen molar-refractivity contribution in [2.45, 2.75) is 237 Å². The summed E-state index contributed by atoms with van der Waals surface area (Å²) in [7, 11) is 0. The predicted molar refractivity (Wildman–Crippen MR) is 322 cm³/mol. The summed E-state index contributed by atoms with van der Waals surface area (Å²) in [6, 6.07) is 19.7. The Kier molecular flexibility index (Phi) is 27.2. The minimum absolute atomic E-state index is 0.00977. The monoisotopic (exact) mass is 1100 g/mol. The number of carbonyl (C=O) groups is 2. The molecule has 12 heteroatoms. The number of aliphatic hydroxyl groups is 2. The molecule has 0 radical (unpaired) electrons. The third-order valence-corrected chi connectivity index (χ3v) is 17.5. The standard InChI is InChI=1S/C68H101N3O9/c1-4-7-9-11-13-15-17-19-21-28-43-69-67(75)78-55-41-42-61-59(49-55)65-57(38-26-30-45-73)53(34-25-29-44-72)48-58-60(70-80-64-40-27-31-47-76-64)50-62(68(79-61,66(58)65)77-46-6-3)71(51-54-36-32-35-52-33-23-24-37-56(52)54)63(74)39-22-20-18-16-14-12-10-8-5-2/h6,23-24,32-33,35-37,41-42,48-49,53,57,62,64-66,72-73H,3-5,7-22,25-31,34,38-40,43-47,50-51H2,1-2H3,(H,69,75). The number of aliphatic hydroxyl groups excluding tert-OH is 2. The van der Waals surface area contributed by atoms with Crippen molar-refractivity contribution in [3.63, 3.8) is 0 Å². The van der Waals surface area contributed by atoms with Crippen molar-refractivity contribution in [2.75, 3.05) is 33.0 Å². The summed E-state index contributed by atoms with van der Waals surface area (Å²) in [4.78, 5) is 37.8. The Morgan fingerprint density at radius 2 is 1.46 bits per heavy atom. The molecule has 2 fully saturated rings. The molecule has 2 aliphatic heterocycles. The number of fused-ring (bicyclic) bond motifs is 3. The first-order valence-corrected chi connectivity index (χ1v) is 31.9. The Bertz CT molecular complexity index is 2380. The van der Waals surface area contributed by atoms with Gasteiger partial charge in [-0.25, -0.2) is 4.79 Å². The lowest BCUT2D eigenvalue weighted by molar-refractivity contribution is -0.258. The molecule has 4 aliphatic rings. The van der Waals surface area contributed by atoms with Gasteiger partial charge in [0.1, 0.15) is 17.5 Å². The van der Waals surface area contributed by atoms with Crippen molar-refractivity contribution in [1.82, 2.24) is 10.2 Å². The Hall–Kier alpha value is -4.75. The van der Waals surface area contributed by atoms with Gasteiger partial charge >= 0.3 is 6.09 Å². The molecule has 442 valence electrons. The molecule has 7 unspecified atom stereocenters. The first kappa shape index (κ1) is 62.8. The SMILES string of the molecule is C=CCOC12Oc3ccc(OC(=O)NCCCCCCCCCCCC)cc3C3C(CCCCO)C(CCCCO)C=C(C(=NOC4CCCCO4)CC1N(Cc1cccc4ccccc14)C(=O)CCCCCCCCCCC)C32. The van der Waals surface area contributed by atoms with Crippen LogP contribution < -0.4 is 14.8 Å². The van der Waals surface area contributed by atoms with Gasteiger partial charge in [-0.3, -0.25) is 4.79 Å². The second kappa shape index (κ2) is 34.6. The fourth-order valence-electron chi connectivity index (χ4n) is 13.3. The Labute approximate surface area is 480 Å². The van der Waals surface area contributed by atoms with E-state index in [1.165, 1.54) is 83.5 Å². The molecule has 7 atom stereocenters. The molecule has 2 aliphatic carbocycles. The van der Waals surface area contributed by atoms with Gasteiger partial charge in [0.15, 0.2) is 0 Å². The van der Waals surface area contributed by atoms with Gasteiger partial charge in [-0.2, -0.15) is 0 Å². The van der Waals surface area contributed by atoms with Crippen LogP contribution in [0.2, 0.25) is 0 Å². The van der Waals surface area contributed by atoms with E-state index in [9.17, 15) is 15.0 Å². The average molecular weight is 1100 g/mol. The van der Waals surface area contributed by atoms with E-state index < -0.39 is 30.1 Å². The fourth-order valence-corrected chi connectivity index (χ4v) is 13.3. The highest BCUT2D eigenvalue weighted by Gasteiger charge is 2.65. The summed E-state index contributed by atoms with van der Waals surface area (Å²) in [5.41, 5.74) is 3.63. The molecule has 0 aromatic heterocycles. The average Bonchev–Trinajstić information content (AvgIpc) is 3.31. The largest absolute Gasteiger partial charge is 0.459 e. The third kappa shape index (κ3) is 17.9. The molecule has 12 nitrogen and oxygen atoms in total. The smallest absolute Gasteiger partial charge is 0.412 e. The molecule has 2 amide bonds. The highest BCUT2D eigenvalue weighted by atomic mass is 16.8. The first-order chi connectivity index (χ1) is 39.3. The molecule has 3 aromatic carbocycles. The minimum atomic E-state index is -1.43. The topological polar surface area (TPSA) is 148 Å². The van der Waals surface area contributed by atoms with Gasteiger partial charge in [0.05, 0.1) is 24.8 Å². The number of benzene rings is 3. The number of ether oxygens (including phenoxy) is 4. The molecule has 0 bridgehead atoms. The van der Waals surface area contributed by atoms with Crippen LogP contribution in [0.15, 0.2) is 90.1 Å². The number of rotatable bonds is 38. The predicted octanol–water partition coefficient (Wildman–Crippen LogP) is 16.0. The van der Waals surface area contributed by atoms with E-state index in [1.807, 2.05) is 23.1 Å². The maximum Gasteiger partial charge on any atom is 0.412 e. The van der Waals surface area contributed by atoms with E-state index in [0.717, 1.165) is 117 Å². The number of hydrogen-bond acceptors (Lipinski definition) is 10. The fraction of sp³-hybridized carbons (Fsp3) is 0.662. The van der Waals surface area contributed by atoms with Crippen LogP contribution in [0.1, 0.15) is 224 Å². The summed E-state index contributed by atoms with van der Waals surface area (Å²) in [5.74, 6) is -1.09. The van der Waals surface area contributed by atoms with Crippen LogP contribution in [-0.4, -0.2) is 83.9 Å². The van der Waals surface area contributed by atoms with Gasteiger partial charge in [0, 0.05) is 57.0 Å². The number of allylic oxidation sites excluding steroid dienone is 1. The number of nitrogens with zero attached hydrogens (tertiary/aromatic N) is 2. The Balaban J connectivity index is 1.29. The van der Waals surface area contributed by atoms with Crippen LogP contribution >= 0.6 is 0 Å². The van der Waals surface area contributed by atoms with Crippen molar-refractivity contribution < 1.29 is 43.6 Å². The van der Waals surface area contributed by atoms with Crippen LogP contribution in [0.3, 0.4) is 0 Å². The van der Waals surface area contributed by atoms with E-state index in [4.69, 9.17) is 28.9 Å². The number of unbranched alkanes of at least 4 members (excludes halogenated alkanes) is 19. The Morgan fingerprint density at radius 1 is 0.787 bits per heavy atom. The number of oxime groups is 1. The van der Waals surface area contributed by atoms with Crippen LogP contribution in [-0.2, 0) is 25.7 Å². The van der Waals surface area contributed by atoms with Crippen molar-refractivity contribution in [1.29, 1.82) is 0 Å². The highest BCUT2D eigenvalue weighted by molar-refractivity contribution is 6.03. The minimum Gasteiger partial charge on any atom is -0.459 e. The molecular formula is C68H101N3O9. The van der Waals surface area contributed by atoms with Crippen LogP contribution in [0, 0.1) is 17.8 Å². The lowest BCUT2D eigenvalue weighted by Gasteiger charge is -2.60. The molecule has 1 saturated heterocycles. The van der Waals surface area contributed by atoms with E-state index >= 15 is 4.79 Å². The molecule has 3 aromatic rings. The van der Waals surface area contributed by atoms with Crippen molar-refractivity contribution in [3.05, 3.63) is 96.1 Å². The summed E-state index contributed by atoms with van der Waals surface area (Å²) < 4.78 is 27.3. The zero-order valence-corrected chi connectivity index (χ0v) is 49.2. The maximum absolute atomic E-state index is 15.7. The Morgan fingerprint density at radius 3 is 2.15 bits per heavy atom. The summed E-state index contributed by atoms with van der Waals surface area (Å²) in [6.07, 6.45) is 33.5. The normalized spacial score (nSPS) is 22.7. The summed E-state index contributed by atoms with van der Waals surface area (Å²) >= 11 is 0. The van der Waals surface area contributed by atoms with Gasteiger partial charge in [0.25, 0.3) is 0 Å². The molecular weight excluding hydrogens is 1000 g/mol. The first-order valence-electron chi connectivity index (χ1n) is 31.9. The van der Waals surface area contributed by atoms with Gasteiger partial charge in [-0.1, -0.05) is 196 Å². The van der Waals surface area contributed by atoms with Crippen LogP contribution in [0.5, 0.6) is 11.5 Å². The van der Waals surface area contributed by atoms with Gasteiger partial charge < -0.3 is 44.2 Å². The van der Waals surface area contributed by atoms with E-state index in [2.05, 4.69) is 74.3 Å². The highest BCUT2D eigenvalue weighted by Crippen LogP contribution is 2.62. The lowest BCUT2D eigenvalue weighted by atomic mass is 9.55. The zero-order chi connectivity index (χ0) is 56.2. The van der Waals surface area contributed by atoms with Crippen molar-refractivity contribution in [2.24, 2.45) is 22.9 Å². The van der Waals surface area contributed by atoms with Gasteiger partial charge in [-0.15, -0.1) is 6.58 Å². The van der Waals surface area contributed by atoms with E-state index in [0.29, 0.717) is 56.9 Å². The molecule has 80 heavy (non-hydrogen) atoms. The van der Waals surface area contributed by atoms with Gasteiger partial charge in [0.2, 0.25) is 18.0 Å². The number of carbonyl (C=O) groups excluding carboxylic acids is 2. The number of nitrogens with one attached hydrogen (secondary N) is 1. The van der Waals surface area contributed by atoms with Crippen LogP contribution in [0.4, 0.5) is 4.79 Å². The zero-order valence-electron chi connectivity index (χ0n) is 49.2. The molecule has 2 heterocycles. The van der Waals surface area contributed by atoms with Crippen molar-refractivity contribution >= 4 is 28.5 Å². The lowest BCUT2D eigenvalue weighted by Crippen LogP contribution is -2.70.